The molecule has 2 nitrogen and oxygen atoms in total. The lowest BCUT2D eigenvalue weighted by molar-refractivity contribution is 0.660. The average Bonchev–Trinajstić information content (AvgIpc) is 3.91. The van der Waals surface area contributed by atoms with Crippen molar-refractivity contribution in [3.05, 3.63) is 222 Å². The van der Waals surface area contributed by atoms with Crippen molar-refractivity contribution in [3.63, 3.8) is 0 Å². The van der Waals surface area contributed by atoms with Gasteiger partial charge in [0.05, 0.1) is 5.69 Å². The Balaban J connectivity index is 1.00. The maximum absolute atomic E-state index is 6.75. The maximum atomic E-state index is 6.75. The van der Waals surface area contributed by atoms with E-state index in [1.54, 1.807) is 0 Å². The molecule has 2 heteroatoms. The van der Waals surface area contributed by atoms with Crippen molar-refractivity contribution in [2.75, 3.05) is 4.90 Å². The Labute approximate surface area is 373 Å². The smallest absolute Gasteiger partial charge is 0.143 e. The first-order chi connectivity index (χ1) is 31.2. The predicted molar refractivity (Wildman–Crippen MR) is 269 cm³/mol. The summed E-state index contributed by atoms with van der Waals surface area (Å²) in [6, 6.07) is 74.2. The SMILES string of the molecule is CC1(C)c2ccccc2-c2ccc(N(c3ccc4c(c3)C(C)(C)c3cc(-c5ccc6ccccc6c5)ccc3-4)c3ccccc3-c3cccc4oc5c6ccccc6ccc5c34)cc21. The van der Waals surface area contributed by atoms with E-state index < -0.39 is 0 Å². The topological polar surface area (TPSA) is 16.4 Å². The average molecular weight is 820 g/mol. The van der Waals surface area contributed by atoms with Gasteiger partial charge >= 0.3 is 0 Å². The normalized spacial score (nSPS) is 14.2. The Morgan fingerprint density at radius 1 is 0.359 bits per heavy atom. The number of hydrogen-bond acceptors (Lipinski definition) is 2. The van der Waals surface area contributed by atoms with Gasteiger partial charge in [-0.1, -0.05) is 173 Å². The molecule has 0 bridgehead atoms. The summed E-state index contributed by atoms with van der Waals surface area (Å²) < 4.78 is 6.75. The largest absolute Gasteiger partial charge is 0.455 e. The zero-order chi connectivity index (χ0) is 42.9. The first-order valence-electron chi connectivity index (χ1n) is 22.5. The third-order valence-electron chi connectivity index (χ3n) is 14.6. The lowest BCUT2D eigenvalue weighted by atomic mass is 9.81. The van der Waals surface area contributed by atoms with E-state index in [4.69, 9.17) is 4.42 Å². The zero-order valence-corrected chi connectivity index (χ0v) is 36.4. The van der Waals surface area contributed by atoms with E-state index in [0.29, 0.717) is 0 Å². The number of anilines is 3. The monoisotopic (exact) mass is 819 g/mol. The van der Waals surface area contributed by atoms with Crippen molar-refractivity contribution in [3.8, 4) is 44.5 Å². The molecule has 0 amide bonds. The number of hydrogen-bond donors (Lipinski definition) is 0. The number of rotatable bonds is 5. The van der Waals surface area contributed by atoms with E-state index in [1.807, 2.05) is 0 Å². The van der Waals surface area contributed by atoms with Crippen LogP contribution in [0.5, 0.6) is 0 Å². The van der Waals surface area contributed by atoms with E-state index in [0.717, 1.165) is 55.5 Å². The molecule has 0 unspecified atom stereocenters. The Morgan fingerprint density at radius 3 is 1.69 bits per heavy atom. The second-order valence-corrected chi connectivity index (χ2v) is 18.9. The highest BCUT2D eigenvalue weighted by atomic mass is 16.3. The molecule has 0 radical (unpaired) electrons. The van der Waals surface area contributed by atoms with Gasteiger partial charge in [-0.3, -0.25) is 0 Å². The van der Waals surface area contributed by atoms with Gasteiger partial charge in [-0.2, -0.15) is 0 Å². The summed E-state index contributed by atoms with van der Waals surface area (Å²) in [5.41, 5.74) is 20.3. The van der Waals surface area contributed by atoms with E-state index >= 15 is 0 Å². The molecule has 0 N–H and O–H groups in total. The molecule has 13 rings (SSSR count). The summed E-state index contributed by atoms with van der Waals surface area (Å²) in [5, 5.41) is 7.09. The highest BCUT2D eigenvalue weighted by molar-refractivity contribution is 6.19. The lowest BCUT2D eigenvalue weighted by Gasteiger charge is -2.31. The summed E-state index contributed by atoms with van der Waals surface area (Å²) in [6.07, 6.45) is 0. The van der Waals surface area contributed by atoms with Gasteiger partial charge in [0.1, 0.15) is 11.2 Å². The third kappa shape index (κ3) is 5.26. The Kier molecular flexibility index (Phi) is 7.74. The molecule has 2 aliphatic rings. The fraction of sp³-hybridized carbons (Fsp3) is 0.0968. The molecule has 64 heavy (non-hydrogen) atoms. The van der Waals surface area contributed by atoms with Gasteiger partial charge in [0.2, 0.25) is 0 Å². The minimum Gasteiger partial charge on any atom is -0.455 e. The first-order valence-corrected chi connectivity index (χ1v) is 22.5. The first kappa shape index (κ1) is 36.9. The zero-order valence-electron chi connectivity index (χ0n) is 36.4. The van der Waals surface area contributed by atoms with Crippen molar-refractivity contribution in [2.45, 2.75) is 38.5 Å². The third-order valence-corrected chi connectivity index (χ3v) is 14.6. The van der Waals surface area contributed by atoms with Crippen LogP contribution < -0.4 is 4.90 Å². The fourth-order valence-corrected chi connectivity index (χ4v) is 11.3. The second-order valence-electron chi connectivity index (χ2n) is 18.9. The highest BCUT2D eigenvalue weighted by Crippen LogP contribution is 2.55. The number of furan rings is 1. The molecule has 0 aliphatic heterocycles. The Hall–Kier alpha value is -7.68. The Morgan fingerprint density at radius 2 is 0.906 bits per heavy atom. The van der Waals surface area contributed by atoms with E-state index in [-0.39, 0.29) is 10.8 Å². The standard InChI is InChI=1S/C62H45NO/c1-61(2)53-21-11-9-18-46(53)48-32-28-43(36-55(48)61)63(57-22-12-10-19-50(57)51-20-13-23-58-59(51)52-31-26-39-15-7-8-17-45(39)60(52)64-58)44-29-33-49-47-30-27-42(35-54(47)62(3,4)56(49)37-44)41-25-24-38-14-5-6-16-40(38)34-41/h5-37H,1-4H3. The van der Waals surface area contributed by atoms with Crippen LogP contribution in [-0.2, 0) is 10.8 Å². The molecule has 10 aromatic carbocycles. The number of fused-ring (bicyclic) bond motifs is 12. The van der Waals surface area contributed by atoms with Crippen molar-refractivity contribution in [1.82, 2.24) is 0 Å². The molecule has 304 valence electrons. The van der Waals surface area contributed by atoms with E-state index in [1.165, 1.54) is 71.8 Å². The molecule has 0 saturated heterocycles. The van der Waals surface area contributed by atoms with E-state index in [2.05, 4.69) is 233 Å². The maximum Gasteiger partial charge on any atom is 0.143 e. The number of benzene rings is 10. The summed E-state index contributed by atoms with van der Waals surface area (Å²) in [5.74, 6) is 0. The molecular weight excluding hydrogens is 775 g/mol. The van der Waals surface area contributed by atoms with Crippen LogP contribution in [0.1, 0.15) is 49.9 Å². The lowest BCUT2D eigenvalue weighted by Crippen LogP contribution is -2.18. The summed E-state index contributed by atoms with van der Waals surface area (Å²) in [4.78, 5) is 2.50. The number of para-hydroxylation sites is 1. The van der Waals surface area contributed by atoms with Gasteiger partial charge in [0.15, 0.2) is 0 Å². The van der Waals surface area contributed by atoms with Crippen molar-refractivity contribution >= 4 is 60.5 Å². The molecule has 2 aliphatic carbocycles. The molecule has 0 atom stereocenters. The minimum atomic E-state index is -0.232. The van der Waals surface area contributed by atoms with Crippen LogP contribution >= 0.6 is 0 Å². The van der Waals surface area contributed by atoms with Crippen LogP contribution in [0, 0.1) is 0 Å². The summed E-state index contributed by atoms with van der Waals surface area (Å²) in [6.45, 7) is 9.53. The van der Waals surface area contributed by atoms with Crippen LogP contribution in [0.15, 0.2) is 205 Å². The molecule has 11 aromatic rings. The van der Waals surface area contributed by atoms with Crippen molar-refractivity contribution in [2.24, 2.45) is 0 Å². The summed E-state index contributed by atoms with van der Waals surface area (Å²) in [7, 11) is 0. The predicted octanol–water partition coefficient (Wildman–Crippen LogP) is 17.3. The van der Waals surface area contributed by atoms with Crippen LogP contribution in [-0.4, -0.2) is 0 Å². The highest BCUT2D eigenvalue weighted by Gasteiger charge is 2.38. The molecule has 0 saturated carbocycles. The second kappa shape index (κ2) is 13.4. The van der Waals surface area contributed by atoms with E-state index in [9.17, 15) is 0 Å². The number of nitrogens with zero attached hydrogens (tertiary/aromatic N) is 1. The quantitative estimate of drug-likeness (QED) is 0.172. The van der Waals surface area contributed by atoms with Crippen LogP contribution in [0.4, 0.5) is 17.1 Å². The van der Waals surface area contributed by atoms with Gasteiger partial charge in [-0.05, 0) is 132 Å². The van der Waals surface area contributed by atoms with Gasteiger partial charge in [0, 0.05) is 43.9 Å². The molecule has 1 heterocycles. The molecule has 1 aromatic heterocycles. The van der Waals surface area contributed by atoms with Crippen LogP contribution in [0.25, 0.3) is 88.0 Å². The van der Waals surface area contributed by atoms with Gasteiger partial charge < -0.3 is 9.32 Å². The minimum absolute atomic E-state index is 0.151. The van der Waals surface area contributed by atoms with Crippen molar-refractivity contribution < 1.29 is 4.42 Å². The van der Waals surface area contributed by atoms with Crippen LogP contribution in [0.3, 0.4) is 0 Å². The molecular formula is C62H45NO. The van der Waals surface area contributed by atoms with Gasteiger partial charge in [-0.15, -0.1) is 0 Å². The molecule has 0 spiro atoms. The Bertz CT molecular complexity index is 3750. The fourth-order valence-electron chi connectivity index (χ4n) is 11.3. The van der Waals surface area contributed by atoms with Gasteiger partial charge in [0.25, 0.3) is 0 Å². The van der Waals surface area contributed by atoms with Crippen molar-refractivity contribution in [1.29, 1.82) is 0 Å². The molecule has 0 fully saturated rings. The van der Waals surface area contributed by atoms with Crippen LogP contribution in [0.2, 0.25) is 0 Å². The summed E-state index contributed by atoms with van der Waals surface area (Å²) >= 11 is 0. The van der Waals surface area contributed by atoms with Gasteiger partial charge in [-0.25, -0.2) is 0 Å².